The molecule has 0 amide bonds. The summed E-state index contributed by atoms with van der Waals surface area (Å²) in [6, 6.07) is 0. The van der Waals surface area contributed by atoms with E-state index in [9.17, 15) is 26.3 Å². The second kappa shape index (κ2) is 4.00. The monoisotopic (exact) mass is 240 g/mol. The van der Waals surface area contributed by atoms with Gasteiger partial charge in [-0.2, -0.15) is 17.6 Å². The molecule has 1 heterocycles. The lowest BCUT2D eigenvalue weighted by molar-refractivity contribution is -0.144. The van der Waals surface area contributed by atoms with Crippen molar-refractivity contribution in [1.29, 1.82) is 0 Å². The molecule has 0 radical (unpaired) electrons. The number of aromatic nitrogens is 1. The summed E-state index contributed by atoms with van der Waals surface area (Å²) in [4.78, 5) is 4.64. The number of hydrogen-bond donors (Lipinski definition) is 0. The molecule has 1 aromatic heterocycles. The van der Waals surface area contributed by atoms with E-state index in [2.05, 4.69) is 9.83 Å². The summed E-state index contributed by atoms with van der Waals surface area (Å²) >= 11 is 0. The van der Waals surface area contributed by atoms with Crippen LogP contribution in [0.5, 0.6) is 0 Å². The van der Waals surface area contributed by atoms with E-state index in [1.165, 1.54) is 0 Å². The van der Waals surface area contributed by atoms with E-state index in [1.807, 2.05) is 0 Å². The third-order valence-electron chi connectivity index (χ3n) is 1.63. The number of rotatable bonds is 1. The van der Waals surface area contributed by atoms with Crippen LogP contribution >= 0.6 is 0 Å². The van der Waals surface area contributed by atoms with E-state index in [0.717, 1.165) is 0 Å². The predicted octanol–water partition coefficient (Wildman–Crippen LogP) is 2.94. The number of pyridine rings is 1. The minimum atomic E-state index is -5.24. The van der Waals surface area contributed by atoms with Crippen LogP contribution in [-0.2, 0) is 12.7 Å². The normalized spacial score (nSPS) is 11.3. The van der Waals surface area contributed by atoms with E-state index in [4.69, 9.17) is 6.57 Å². The highest BCUT2D eigenvalue weighted by molar-refractivity contribution is 5.24. The van der Waals surface area contributed by atoms with Crippen molar-refractivity contribution < 1.29 is 26.3 Å². The molecule has 86 valence electrons. The molecule has 0 unspecified atom stereocenters. The van der Waals surface area contributed by atoms with E-state index in [0.29, 0.717) is 0 Å². The third kappa shape index (κ3) is 2.08. The Balaban J connectivity index is 3.52. The summed E-state index contributed by atoms with van der Waals surface area (Å²) in [6.07, 6.45) is -5.24. The van der Waals surface area contributed by atoms with Gasteiger partial charge in [0.15, 0.2) is 17.3 Å². The summed E-state index contributed by atoms with van der Waals surface area (Å²) < 4.78 is 74.8. The van der Waals surface area contributed by atoms with Gasteiger partial charge in [0.1, 0.15) is 5.56 Å². The Morgan fingerprint density at radius 2 is 1.69 bits per heavy atom. The van der Waals surface area contributed by atoms with Gasteiger partial charge in [-0.3, -0.25) is 0 Å². The fourth-order valence-corrected chi connectivity index (χ4v) is 0.966. The fraction of sp³-hybridized carbons (Fsp3) is 0.250. The van der Waals surface area contributed by atoms with Crippen molar-refractivity contribution in [2.45, 2.75) is 12.7 Å². The molecule has 8 heteroatoms. The maximum absolute atomic E-state index is 13.1. The molecular weight excluding hydrogens is 238 g/mol. The van der Waals surface area contributed by atoms with Gasteiger partial charge in [0.05, 0.1) is 0 Å². The molecule has 0 bridgehead atoms. The number of nitrogens with zero attached hydrogens (tertiary/aromatic N) is 2. The zero-order valence-corrected chi connectivity index (χ0v) is 7.37. The highest BCUT2D eigenvalue weighted by Crippen LogP contribution is 2.32. The Kier molecular flexibility index (Phi) is 3.07. The second-order valence-electron chi connectivity index (χ2n) is 2.67. The first-order chi connectivity index (χ1) is 7.29. The van der Waals surface area contributed by atoms with Crippen LogP contribution in [0.1, 0.15) is 11.3 Å². The van der Waals surface area contributed by atoms with Crippen LogP contribution in [0.4, 0.5) is 26.3 Å². The first-order valence-electron chi connectivity index (χ1n) is 3.72. The van der Waals surface area contributed by atoms with Gasteiger partial charge in [0.25, 0.3) is 0 Å². The van der Waals surface area contributed by atoms with E-state index in [1.54, 1.807) is 0 Å². The summed E-state index contributed by atoms with van der Waals surface area (Å²) in [6.45, 7) is 5.27. The minimum absolute atomic E-state index is 1.03. The molecule has 0 aliphatic carbocycles. The number of hydrogen-bond acceptors (Lipinski definition) is 1. The van der Waals surface area contributed by atoms with Crippen LogP contribution in [0.15, 0.2) is 0 Å². The van der Waals surface area contributed by atoms with Crippen LogP contribution < -0.4 is 0 Å². The van der Waals surface area contributed by atoms with Crippen LogP contribution in [0, 0.1) is 24.2 Å². The average molecular weight is 240 g/mol. The molecule has 0 aliphatic heterocycles. The van der Waals surface area contributed by atoms with Gasteiger partial charge in [0.2, 0.25) is 12.5 Å². The average Bonchev–Trinajstić information content (AvgIpc) is 2.16. The van der Waals surface area contributed by atoms with E-state index in [-0.39, 0.29) is 0 Å². The Bertz CT molecular complexity index is 459. The Morgan fingerprint density at radius 3 is 2.12 bits per heavy atom. The Labute approximate surface area is 85.3 Å². The molecule has 1 rings (SSSR count). The van der Waals surface area contributed by atoms with Gasteiger partial charge in [-0.05, 0) is 0 Å². The molecule has 2 nitrogen and oxygen atoms in total. The summed E-state index contributed by atoms with van der Waals surface area (Å²) in [5.41, 5.74) is -3.43. The van der Waals surface area contributed by atoms with Crippen molar-refractivity contribution in [3.05, 3.63) is 40.3 Å². The molecule has 0 atom stereocenters. The first-order valence-corrected chi connectivity index (χ1v) is 3.72. The number of alkyl halides is 3. The Morgan fingerprint density at radius 1 is 1.12 bits per heavy atom. The minimum Gasteiger partial charge on any atom is -0.312 e. The van der Waals surface area contributed by atoms with Crippen molar-refractivity contribution >= 4 is 0 Å². The van der Waals surface area contributed by atoms with Crippen molar-refractivity contribution in [3.63, 3.8) is 0 Å². The SMILES string of the molecule is [C-]#[N+]Cc1c(F)c(F)nc(C(F)(F)F)c1F. The van der Waals surface area contributed by atoms with Crippen LogP contribution in [-0.4, -0.2) is 4.98 Å². The van der Waals surface area contributed by atoms with Gasteiger partial charge >= 0.3 is 6.18 Å². The second-order valence-corrected chi connectivity index (χ2v) is 2.67. The fourth-order valence-electron chi connectivity index (χ4n) is 0.966. The van der Waals surface area contributed by atoms with Crippen molar-refractivity contribution in [2.24, 2.45) is 0 Å². The summed E-state index contributed by atoms with van der Waals surface area (Å²) in [5.74, 6) is -6.00. The van der Waals surface area contributed by atoms with Gasteiger partial charge < -0.3 is 4.85 Å². The lowest BCUT2D eigenvalue weighted by Crippen LogP contribution is -2.16. The zero-order chi connectivity index (χ0) is 12.5. The van der Waals surface area contributed by atoms with Crippen molar-refractivity contribution in [3.8, 4) is 0 Å². The van der Waals surface area contributed by atoms with Crippen LogP contribution in [0.3, 0.4) is 0 Å². The zero-order valence-electron chi connectivity index (χ0n) is 7.37. The highest BCUT2D eigenvalue weighted by Gasteiger charge is 2.39. The maximum Gasteiger partial charge on any atom is 0.436 e. The summed E-state index contributed by atoms with van der Waals surface area (Å²) in [5, 5.41) is 0. The lowest BCUT2D eigenvalue weighted by Gasteiger charge is -2.09. The van der Waals surface area contributed by atoms with Crippen LogP contribution in [0.2, 0.25) is 0 Å². The van der Waals surface area contributed by atoms with E-state index >= 15 is 0 Å². The standard InChI is InChI=1S/C8H2F6N2/c1-15-2-3-4(9)6(8(12,13)14)16-7(11)5(3)10/h2H2. The molecular formula is C8H2F6N2. The molecule has 0 fully saturated rings. The van der Waals surface area contributed by atoms with E-state index < -0.39 is 41.6 Å². The molecule has 0 aliphatic rings. The molecule has 0 aromatic carbocycles. The predicted molar refractivity (Wildman–Crippen MR) is 39.4 cm³/mol. The number of halogens is 6. The van der Waals surface area contributed by atoms with Crippen molar-refractivity contribution in [1.82, 2.24) is 4.98 Å². The molecule has 1 aromatic rings. The molecule has 0 saturated carbocycles. The third-order valence-corrected chi connectivity index (χ3v) is 1.63. The highest BCUT2D eigenvalue weighted by atomic mass is 19.4. The maximum atomic E-state index is 13.1. The molecule has 16 heavy (non-hydrogen) atoms. The quantitative estimate of drug-likeness (QED) is 0.419. The molecule has 0 saturated heterocycles. The molecule has 0 spiro atoms. The van der Waals surface area contributed by atoms with Gasteiger partial charge in [0, 0.05) is 0 Å². The first kappa shape index (κ1) is 12.3. The lowest BCUT2D eigenvalue weighted by atomic mass is 10.2. The van der Waals surface area contributed by atoms with Crippen molar-refractivity contribution in [2.75, 3.05) is 0 Å². The van der Waals surface area contributed by atoms with Crippen LogP contribution in [0.25, 0.3) is 4.85 Å². The molecule has 0 N–H and O–H groups in total. The summed E-state index contributed by atoms with van der Waals surface area (Å²) in [7, 11) is 0. The Hall–Kier alpha value is -1.78. The largest absolute Gasteiger partial charge is 0.436 e. The van der Waals surface area contributed by atoms with Gasteiger partial charge in [-0.25, -0.2) is 20.3 Å². The van der Waals surface area contributed by atoms with Gasteiger partial charge in [-0.1, -0.05) is 0 Å². The van der Waals surface area contributed by atoms with Gasteiger partial charge in [-0.15, -0.1) is 0 Å². The topological polar surface area (TPSA) is 17.2 Å². The smallest absolute Gasteiger partial charge is 0.312 e.